The third-order valence-electron chi connectivity index (χ3n) is 1.34. The lowest BCUT2D eigenvalue weighted by Crippen LogP contribution is -1.99. The largest absolute Gasteiger partial charge is 0.305 e. The molecule has 1 aromatic rings. The molecule has 1 aromatic carbocycles. The Labute approximate surface area is 77.0 Å². The van der Waals surface area contributed by atoms with E-state index in [0.29, 0.717) is 10.7 Å². The highest BCUT2D eigenvalue weighted by molar-refractivity contribution is 9.10. The lowest BCUT2D eigenvalue weighted by molar-refractivity contribution is 0.106. The zero-order valence-corrected chi connectivity index (χ0v) is 7.56. The summed E-state index contributed by atoms with van der Waals surface area (Å²) in [5.74, 6) is -0.996. The van der Waals surface area contributed by atoms with Crippen molar-refractivity contribution in [1.82, 2.24) is 0 Å². The number of nitrogens with one attached hydrogen (secondary N) is 1. The second-order valence-corrected chi connectivity index (χ2v) is 2.99. The second kappa shape index (κ2) is 3.58. The van der Waals surface area contributed by atoms with Gasteiger partial charge in [0.25, 0.3) is 0 Å². The van der Waals surface area contributed by atoms with Gasteiger partial charge < -0.3 is 5.41 Å². The standard InChI is InChI=1S/C8H5BrFNO/c9-6-2-1-5(3-7(6)10)8(12)4-11/h1-4,11H. The van der Waals surface area contributed by atoms with Gasteiger partial charge in [-0.25, -0.2) is 4.39 Å². The number of hydrogen-bond donors (Lipinski definition) is 1. The van der Waals surface area contributed by atoms with Crippen molar-refractivity contribution in [3.63, 3.8) is 0 Å². The van der Waals surface area contributed by atoms with E-state index in [0.717, 1.165) is 6.07 Å². The van der Waals surface area contributed by atoms with Gasteiger partial charge in [-0.2, -0.15) is 0 Å². The Balaban J connectivity index is 3.13. The first-order valence-electron chi connectivity index (χ1n) is 3.15. The fourth-order valence-electron chi connectivity index (χ4n) is 0.733. The molecule has 12 heavy (non-hydrogen) atoms. The van der Waals surface area contributed by atoms with Crippen LogP contribution in [0.3, 0.4) is 0 Å². The zero-order valence-electron chi connectivity index (χ0n) is 5.97. The van der Waals surface area contributed by atoms with Gasteiger partial charge in [0.2, 0.25) is 5.78 Å². The minimum absolute atomic E-state index is 0.186. The molecule has 1 N–H and O–H groups in total. The minimum Gasteiger partial charge on any atom is -0.305 e. The Kier molecular flexibility index (Phi) is 2.70. The van der Waals surface area contributed by atoms with Crippen LogP contribution in [-0.4, -0.2) is 12.0 Å². The van der Waals surface area contributed by atoms with Crippen molar-refractivity contribution < 1.29 is 9.18 Å². The molecule has 0 saturated heterocycles. The van der Waals surface area contributed by atoms with Crippen molar-refractivity contribution in [2.24, 2.45) is 0 Å². The fourth-order valence-corrected chi connectivity index (χ4v) is 0.979. The molecule has 0 heterocycles. The summed E-state index contributed by atoms with van der Waals surface area (Å²) in [6.45, 7) is 0. The van der Waals surface area contributed by atoms with E-state index in [1.807, 2.05) is 0 Å². The first-order valence-corrected chi connectivity index (χ1v) is 3.94. The van der Waals surface area contributed by atoms with Crippen LogP contribution in [0.15, 0.2) is 22.7 Å². The molecule has 0 bridgehead atoms. The average Bonchev–Trinajstić information content (AvgIpc) is 2.08. The van der Waals surface area contributed by atoms with Crippen LogP contribution in [-0.2, 0) is 0 Å². The second-order valence-electron chi connectivity index (χ2n) is 2.14. The molecule has 62 valence electrons. The fraction of sp³-hybridized carbons (Fsp3) is 0. The molecule has 0 fully saturated rings. The maximum Gasteiger partial charge on any atom is 0.203 e. The first kappa shape index (κ1) is 9.06. The topological polar surface area (TPSA) is 40.9 Å². The number of rotatable bonds is 2. The molecular weight excluding hydrogens is 225 g/mol. The predicted molar refractivity (Wildman–Crippen MR) is 47.2 cm³/mol. The summed E-state index contributed by atoms with van der Waals surface area (Å²) in [5.41, 5.74) is 0.186. The van der Waals surface area contributed by atoms with E-state index in [4.69, 9.17) is 5.41 Å². The Morgan fingerprint density at radius 1 is 1.58 bits per heavy atom. The van der Waals surface area contributed by atoms with Crippen LogP contribution in [0.5, 0.6) is 0 Å². The summed E-state index contributed by atoms with van der Waals surface area (Å²) in [6, 6.07) is 3.99. The van der Waals surface area contributed by atoms with Crippen molar-refractivity contribution in [2.75, 3.05) is 0 Å². The van der Waals surface area contributed by atoms with Gasteiger partial charge in [0.15, 0.2) is 0 Å². The van der Waals surface area contributed by atoms with E-state index < -0.39 is 11.6 Å². The summed E-state index contributed by atoms with van der Waals surface area (Å²) in [7, 11) is 0. The highest BCUT2D eigenvalue weighted by Crippen LogP contribution is 2.16. The first-order chi connectivity index (χ1) is 5.65. The number of Topliss-reactive ketones (excluding diaryl/α,β-unsaturated/α-hetero) is 1. The third kappa shape index (κ3) is 1.76. The van der Waals surface area contributed by atoms with Crippen molar-refractivity contribution in [1.29, 1.82) is 5.41 Å². The van der Waals surface area contributed by atoms with E-state index in [1.54, 1.807) is 0 Å². The summed E-state index contributed by atoms with van der Waals surface area (Å²) in [4.78, 5) is 10.9. The van der Waals surface area contributed by atoms with Crippen LogP contribution >= 0.6 is 15.9 Å². The Hall–Kier alpha value is -1.03. The average molecular weight is 230 g/mol. The molecule has 0 radical (unpaired) electrons. The molecule has 0 aliphatic heterocycles. The number of benzene rings is 1. The number of carbonyl (C=O) groups is 1. The molecular formula is C8H5BrFNO. The molecule has 0 atom stereocenters. The Morgan fingerprint density at radius 3 is 2.75 bits per heavy atom. The summed E-state index contributed by atoms with van der Waals surface area (Å²) < 4.78 is 13.1. The van der Waals surface area contributed by atoms with Crippen LogP contribution in [0, 0.1) is 11.2 Å². The van der Waals surface area contributed by atoms with Gasteiger partial charge in [-0.05, 0) is 34.1 Å². The van der Waals surface area contributed by atoms with E-state index in [1.165, 1.54) is 12.1 Å². The molecule has 0 spiro atoms. The van der Waals surface area contributed by atoms with Crippen molar-refractivity contribution in [3.8, 4) is 0 Å². The smallest absolute Gasteiger partial charge is 0.203 e. The monoisotopic (exact) mass is 229 g/mol. The molecule has 4 heteroatoms. The maximum atomic E-state index is 12.8. The summed E-state index contributed by atoms with van der Waals surface area (Å²) in [5, 5.41) is 6.66. The number of carbonyl (C=O) groups excluding carboxylic acids is 1. The molecule has 0 saturated carbocycles. The van der Waals surface area contributed by atoms with Gasteiger partial charge in [-0.15, -0.1) is 0 Å². The van der Waals surface area contributed by atoms with Crippen LogP contribution in [0.25, 0.3) is 0 Å². The minimum atomic E-state index is -0.499. The van der Waals surface area contributed by atoms with Crippen LogP contribution < -0.4 is 0 Å². The number of hydrogen-bond acceptors (Lipinski definition) is 2. The van der Waals surface area contributed by atoms with Gasteiger partial charge in [0.1, 0.15) is 5.82 Å². The molecule has 0 aliphatic rings. The normalized spacial score (nSPS) is 9.50. The Bertz CT molecular complexity index is 338. The van der Waals surface area contributed by atoms with E-state index in [9.17, 15) is 9.18 Å². The zero-order chi connectivity index (χ0) is 9.14. The van der Waals surface area contributed by atoms with Crippen molar-refractivity contribution >= 4 is 27.9 Å². The molecule has 0 aromatic heterocycles. The molecule has 0 unspecified atom stereocenters. The lowest BCUT2D eigenvalue weighted by atomic mass is 10.1. The van der Waals surface area contributed by atoms with Crippen LogP contribution in [0.2, 0.25) is 0 Å². The number of halogens is 2. The predicted octanol–water partition coefficient (Wildman–Crippen LogP) is 2.42. The SMILES string of the molecule is N=CC(=O)c1ccc(Br)c(F)c1. The Morgan fingerprint density at radius 2 is 2.25 bits per heavy atom. The quantitative estimate of drug-likeness (QED) is 0.615. The van der Waals surface area contributed by atoms with Gasteiger partial charge >= 0.3 is 0 Å². The highest BCUT2D eigenvalue weighted by atomic mass is 79.9. The van der Waals surface area contributed by atoms with Gasteiger partial charge in [0, 0.05) is 5.56 Å². The van der Waals surface area contributed by atoms with E-state index >= 15 is 0 Å². The molecule has 2 nitrogen and oxygen atoms in total. The molecule has 0 amide bonds. The van der Waals surface area contributed by atoms with E-state index in [-0.39, 0.29) is 5.56 Å². The maximum absolute atomic E-state index is 12.8. The highest BCUT2D eigenvalue weighted by Gasteiger charge is 2.05. The lowest BCUT2D eigenvalue weighted by Gasteiger charge is -1.96. The summed E-state index contributed by atoms with van der Waals surface area (Å²) >= 11 is 2.96. The van der Waals surface area contributed by atoms with Crippen LogP contribution in [0.4, 0.5) is 4.39 Å². The van der Waals surface area contributed by atoms with Gasteiger partial charge in [-0.1, -0.05) is 0 Å². The van der Waals surface area contributed by atoms with Crippen LogP contribution in [0.1, 0.15) is 10.4 Å². The number of ketones is 1. The van der Waals surface area contributed by atoms with Gasteiger partial charge in [-0.3, -0.25) is 4.79 Å². The molecule has 0 aliphatic carbocycles. The molecule has 1 rings (SSSR count). The van der Waals surface area contributed by atoms with Crippen molar-refractivity contribution in [3.05, 3.63) is 34.1 Å². The van der Waals surface area contributed by atoms with E-state index in [2.05, 4.69) is 15.9 Å². The third-order valence-corrected chi connectivity index (χ3v) is 1.98. The van der Waals surface area contributed by atoms with Crippen molar-refractivity contribution in [2.45, 2.75) is 0 Å². The summed E-state index contributed by atoms with van der Waals surface area (Å²) in [6.07, 6.45) is 0.655. The van der Waals surface area contributed by atoms with Gasteiger partial charge in [0.05, 0.1) is 10.7 Å².